The van der Waals surface area contributed by atoms with Crippen molar-refractivity contribution in [3.05, 3.63) is 114 Å². The van der Waals surface area contributed by atoms with Crippen molar-refractivity contribution in [3.8, 4) is 0 Å². The molecule has 0 saturated carbocycles. The second-order valence-electron chi connectivity index (χ2n) is 7.04. The van der Waals surface area contributed by atoms with Crippen molar-refractivity contribution in [2.45, 2.75) is 0 Å². The van der Waals surface area contributed by atoms with E-state index in [0.29, 0.717) is 28.3 Å². The number of hydrogen-bond acceptors (Lipinski definition) is 5. The van der Waals surface area contributed by atoms with Gasteiger partial charge in [-0.25, -0.2) is 0 Å². The van der Waals surface area contributed by atoms with Crippen LogP contribution < -0.4 is 16.0 Å². The summed E-state index contributed by atoms with van der Waals surface area (Å²) in [6.45, 7) is 0. The zero-order valence-electron chi connectivity index (χ0n) is 17.5. The van der Waals surface area contributed by atoms with E-state index in [1.807, 2.05) is 12.1 Å². The van der Waals surface area contributed by atoms with Crippen LogP contribution in [0.1, 0.15) is 21.7 Å². The van der Waals surface area contributed by atoms with Crippen LogP contribution in [0.25, 0.3) is 0 Å². The van der Waals surface area contributed by atoms with Gasteiger partial charge in [0.05, 0.1) is 0 Å². The van der Waals surface area contributed by atoms with Gasteiger partial charge in [-0.15, -0.1) is 0 Å². The average molecular weight is 435 g/mol. The fourth-order valence-electron chi connectivity index (χ4n) is 2.98. The van der Waals surface area contributed by atoms with Crippen LogP contribution in [0.2, 0.25) is 0 Å². The van der Waals surface area contributed by atoms with E-state index >= 15 is 0 Å². The molecule has 0 radical (unpaired) electrons. The average Bonchev–Trinajstić information content (AvgIpc) is 2.86. The van der Waals surface area contributed by atoms with Crippen molar-refractivity contribution in [3.63, 3.8) is 0 Å². The predicted molar refractivity (Wildman–Crippen MR) is 130 cm³/mol. The lowest BCUT2D eigenvalue weighted by Crippen LogP contribution is -2.15. The maximum absolute atomic E-state index is 12.6. The van der Waals surface area contributed by atoms with Gasteiger partial charge in [0, 0.05) is 35.0 Å². The van der Waals surface area contributed by atoms with E-state index in [0.717, 1.165) is 5.69 Å². The first-order chi connectivity index (χ1) is 16.1. The number of rotatable bonds is 6. The van der Waals surface area contributed by atoms with Crippen LogP contribution >= 0.6 is 0 Å². The first-order valence-corrected chi connectivity index (χ1v) is 10.1. The molecule has 2 aromatic heterocycles. The monoisotopic (exact) mass is 435 g/mol. The molecule has 4 rings (SSSR count). The van der Waals surface area contributed by atoms with Crippen molar-refractivity contribution >= 4 is 34.6 Å². The summed E-state index contributed by atoms with van der Waals surface area (Å²) in [5.74, 6) is 0.123. The first kappa shape index (κ1) is 21.4. The number of nitrogens with zero attached hydrogens (tertiary/aromatic N) is 2. The summed E-state index contributed by atoms with van der Waals surface area (Å²) in [4.78, 5) is 20.8. The van der Waals surface area contributed by atoms with Crippen molar-refractivity contribution in [2.24, 2.45) is 0 Å². The molecular formula is C25H21N7O. The number of nitrogens with one attached hydrogen (secondary N) is 5. The van der Waals surface area contributed by atoms with Crippen molar-refractivity contribution in [1.29, 1.82) is 10.8 Å². The highest BCUT2D eigenvalue weighted by atomic mass is 16.1. The van der Waals surface area contributed by atoms with Gasteiger partial charge >= 0.3 is 0 Å². The molecule has 5 N–H and O–H groups in total. The Balaban J connectivity index is 1.33. The maximum Gasteiger partial charge on any atom is 0.255 e. The highest BCUT2D eigenvalue weighted by Crippen LogP contribution is 2.17. The molecular weight excluding hydrogens is 414 g/mol. The molecule has 33 heavy (non-hydrogen) atoms. The molecule has 8 nitrogen and oxygen atoms in total. The topological polar surface area (TPSA) is 127 Å². The summed E-state index contributed by atoms with van der Waals surface area (Å²) in [6.07, 6.45) is 3.27. The zero-order valence-corrected chi connectivity index (χ0v) is 17.5. The second kappa shape index (κ2) is 9.97. The fraction of sp³-hybridized carbons (Fsp3) is 0. The normalized spacial score (nSPS) is 10.2. The van der Waals surface area contributed by atoms with E-state index in [1.54, 1.807) is 85.2 Å². The Morgan fingerprint density at radius 1 is 0.576 bits per heavy atom. The van der Waals surface area contributed by atoms with Crippen molar-refractivity contribution in [1.82, 2.24) is 9.97 Å². The number of hydrogen-bond donors (Lipinski definition) is 5. The van der Waals surface area contributed by atoms with Crippen LogP contribution in [0.4, 0.5) is 17.1 Å². The molecule has 0 atom stereocenters. The molecule has 0 fully saturated rings. The molecule has 0 unspecified atom stereocenters. The molecule has 2 heterocycles. The van der Waals surface area contributed by atoms with E-state index in [1.165, 1.54) is 0 Å². The van der Waals surface area contributed by atoms with Gasteiger partial charge in [0.25, 0.3) is 5.91 Å². The smallest absolute Gasteiger partial charge is 0.255 e. The number of carbonyl (C=O) groups excluding carboxylic acids is 1. The Kier molecular flexibility index (Phi) is 6.46. The summed E-state index contributed by atoms with van der Waals surface area (Å²) < 4.78 is 0. The Hall–Kier alpha value is -4.85. The molecule has 8 heteroatoms. The van der Waals surface area contributed by atoms with Gasteiger partial charge in [-0.1, -0.05) is 12.1 Å². The van der Waals surface area contributed by atoms with Crippen LogP contribution in [-0.2, 0) is 0 Å². The third-order valence-electron chi connectivity index (χ3n) is 4.67. The van der Waals surface area contributed by atoms with Gasteiger partial charge in [-0.05, 0) is 72.8 Å². The van der Waals surface area contributed by atoms with Gasteiger partial charge in [-0.2, -0.15) is 0 Å². The van der Waals surface area contributed by atoms with Gasteiger partial charge in [0.2, 0.25) is 0 Å². The van der Waals surface area contributed by atoms with Crippen LogP contribution in [0, 0.1) is 10.8 Å². The molecule has 0 aliphatic carbocycles. The zero-order chi connectivity index (χ0) is 23.0. The van der Waals surface area contributed by atoms with Gasteiger partial charge in [-0.3, -0.25) is 25.6 Å². The number of anilines is 3. The third kappa shape index (κ3) is 5.65. The highest BCUT2D eigenvalue weighted by Gasteiger charge is 2.08. The van der Waals surface area contributed by atoms with Gasteiger partial charge in [0.1, 0.15) is 23.1 Å². The van der Waals surface area contributed by atoms with E-state index in [4.69, 9.17) is 10.8 Å². The van der Waals surface area contributed by atoms with Crippen LogP contribution in [0.5, 0.6) is 0 Å². The third-order valence-corrected chi connectivity index (χ3v) is 4.67. The number of amides is 1. The number of amidine groups is 2. The molecule has 0 aliphatic heterocycles. The first-order valence-electron chi connectivity index (χ1n) is 10.1. The molecule has 2 aromatic carbocycles. The molecule has 0 bridgehead atoms. The minimum Gasteiger partial charge on any atom is -0.339 e. The number of aromatic nitrogens is 2. The molecule has 4 aromatic rings. The minimum atomic E-state index is -0.247. The molecule has 0 saturated heterocycles. The molecule has 0 aliphatic rings. The standard InChI is InChI=1S/C25H21N7O/c26-23(21-5-1-3-15-28-21)30-18-9-7-17(8-10-18)25(33)32-20-13-11-19(12-14-20)31-24(27)22-6-2-4-16-29-22/h1-16H,(H2,26,30)(H2,27,31)(H,32,33). The van der Waals surface area contributed by atoms with Crippen LogP contribution in [0.15, 0.2) is 97.3 Å². The number of benzene rings is 2. The van der Waals surface area contributed by atoms with E-state index < -0.39 is 0 Å². The Bertz CT molecular complexity index is 1260. The molecule has 1 amide bonds. The lowest BCUT2D eigenvalue weighted by molar-refractivity contribution is 0.102. The second-order valence-corrected chi connectivity index (χ2v) is 7.04. The Morgan fingerprint density at radius 2 is 1.00 bits per heavy atom. The van der Waals surface area contributed by atoms with E-state index in [-0.39, 0.29) is 17.6 Å². The SMILES string of the molecule is N=C(Nc1ccc(NC(=O)c2ccc(NC(=N)c3ccccn3)cc2)cc1)c1ccccn1. The fourth-order valence-corrected chi connectivity index (χ4v) is 2.98. The Morgan fingerprint density at radius 3 is 1.42 bits per heavy atom. The van der Waals surface area contributed by atoms with Crippen molar-refractivity contribution in [2.75, 3.05) is 16.0 Å². The number of pyridine rings is 2. The van der Waals surface area contributed by atoms with E-state index in [2.05, 4.69) is 25.9 Å². The summed E-state index contributed by atoms with van der Waals surface area (Å²) in [7, 11) is 0. The van der Waals surface area contributed by atoms with Crippen LogP contribution in [-0.4, -0.2) is 27.5 Å². The largest absolute Gasteiger partial charge is 0.339 e. The number of carbonyl (C=O) groups is 1. The van der Waals surface area contributed by atoms with Gasteiger partial charge < -0.3 is 16.0 Å². The maximum atomic E-state index is 12.6. The summed E-state index contributed by atoms with van der Waals surface area (Å²) >= 11 is 0. The van der Waals surface area contributed by atoms with Gasteiger partial charge in [0.15, 0.2) is 0 Å². The molecule has 162 valence electrons. The summed E-state index contributed by atoms with van der Waals surface area (Å²) in [6, 6.07) is 24.7. The Labute approximate surface area is 190 Å². The summed E-state index contributed by atoms with van der Waals surface area (Å²) in [5.41, 5.74) is 3.61. The highest BCUT2D eigenvalue weighted by molar-refractivity contribution is 6.07. The molecule has 0 spiro atoms. The minimum absolute atomic E-state index is 0.178. The van der Waals surface area contributed by atoms with E-state index in [9.17, 15) is 4.79 Å². The van der Waals surface area contributed by atoms with Crippen LogP contribution in [0.3, 0.4) is 0 Å². The predicted octanol–water partition coefficient (Wildman–Crippen LogP) is 4.60. The lowest BCUT2D eigenvalue weighted by Gasteiger charge is -2.10. The summed E-state index contributed by atoms with van der Waals surface area (Å²) in [5, 5.41) is 25.0. The quantitative estimate of drug-likeness (QED) is 0.223. The lowest BCUT2D eigenvalue weighted by atomic mass is 10.1. The van der Waals surface area contributed by atoms with Crippen molar-refractivity contribution < 1.29 is 4.79 Å².